The lowest BCUT2D eigenvalue weighted by Crippen LogP contribution is -2.33. The van der Waals surface area contributed by atoms with Crippen LogP contribution in [0.1, 0.15) is 12.1 Å². The third-order valence-electron chi connectivity index (χ3n) is 6.53. The number of hydrogen-bond acceptors (Lipinski definition) is 7. The monoisotopic (exact) mass is 531 g/mol. The Hall–Kier alpha value is -4.18. The van der Waals surface area contributed by atoms with Crippen molar-refractivity contribution in [3.63, 3.8) is 0 Å². The fourth-order valence-corrected chi connectivity index (χ4v) is 4.93. The van der Waals surface area contributed by atoms with Crippen LogP contribution in [0.4, 0.5) is 10.5 Å². The minimum absolute atomic E-state index is 0.173. The lowest BCUT2D eigenvalue weighted by molar-refractivity contribution is 0.240. The van der Waals surface area contributed by atoms with Gasteiger partial charge < -0.3 is 15.0 Å². The van der Waals surface area contributed by atoms with Crippen molar-refractivity contribution in [3.8, 4) is 17.0 Å². The first kappa shape index (κ1) is 25.5. The molecule has 1 fully saturated rings. The second-order valence-corrected chi connectivity index (χ2v) is 11.4. The second-order valence-electron chi connectivity index (χ2n) is 9.36. The molecule has 0 spiro atoms. The number of nitrogens with one attached hydrogen (secondary N) is 1. The number of amides is 1. The van der Waals surface area contributed by atoms with Gasteiger partial charge in [0.05, 0.1) is 16.3 Å². The number of ether oxygens (including phenoxy) is 1. The Labute approximate surface area is 222 Å². The summed E-state index contributed by atoms with van der Waals surface area (Å²) in [6, 6.07) is 20.7. The molecule has 9 nitrogen and oxygen atoms in total. The summed E-state index contributed by atoms with van der Waals surface area (Å²) in [5, 5.41) is 3.03. The quantitative estimate of drug-likeness (QED) is 0.366. The van der Waals surface area contributed by atoms with Crippen molar-refractivity contribution in [2.75, 3.05) is 30.8 Å². The van der Waals surface area contributed by atoms with Crippen molar-refractivity contribution in [2.45, 2.75) is 17.9 Å². The van der Waals surface area contributed by atoms with Crippen LogP contribution in [0, 0.1) is 5.92 Å². The van der Waals surface area contributed by atoms with Gasteiger partial charge in [0.1, 0.15) is 18.7 Å². The number of nitrogens with zero attached hydrogens (tertiary/aromatic N) is 4. The van der Waals surface area contributed by atoms with E-state index in [-0.39, 0.29) is 17.5 Å². The average Bonchev–Trinajstić information content (AvgIpc) is 3.62. The van der Waals surface area contributed by atoms with Gasteiger partial charge in [-0.25, -0.2) is 18.2 Å². The van der Waals surface area contributed by atoms with Crippen LogP contribution >= 0.6 is 0 Å². The van der Waals surface area contributed by atoms with E-state index < -0.39 is 9.84 Å². The molecule has 1 aliphatic rings. The fourth-order valence-electron chi connectivity index (χ4n) is 4.37. The summed E-state index contributed by atoms with van der Waals surface area (Å²) in [6.07, 6.45) is 6.75. The third kappa shape index (κ3) is 6.20. The Morgan fingerprint density at radius 2 is 1.84 bits per heavy atom. The van der Waals surface area contributed by atoms with Crippen LogP contribution in [0.25, 0.3) is 11.3 Å². The van der Waals surface area contributed by atoms with Gasteiger partial charge in [0.25, 0.3) is 0 Å². The van der Waals surface area contributed by atoms with Gasteiger partial charge in [-0.3, -0.25) is 9.55 Å². The first-order valence-corrected chi connectivity index (χ1v) is 14.2. The van der Waals surface area contributed by atoms with Crippen LogP contribution in [0.15, 0.2) is 90.3 Å². The van der Waals surface area contributed by atoms with Gasteiger partial charge in [-0.1, -0.05) is 18.2 Å². The van der Waals surface area contributed by atoms with Crippen molar-refractivity contribution >= 4 is 21.6 Å². The molecule has 1 saturated heterocycles. The van der Waals surface area contributed by atoms with Crippen LogP contribution in [0.2, 0.25) is 0 Å². The molecule has 1 aliphatic heterocycles. The van der Waals surface area contributed by atoms with E-state index in [1.54, 1.807) is 12.3 Å². The number of rotatable bonds is 8. The molecule has 2 aromatic carbocycles. The van der Waals surface area contributed by atoms with Gasteiger partial charge in [-0.2, -0.15) is 0 Å². The zero-order valence-corrected chi connectivity index (χ0v) is 21.8. The van der Waals surface area contributed by atoms with E-state index in [0.717, 1.165) is 31.3 Å². The first-order chi connectivity index (χ1) is 18.3. The largest absolute Gasteiger partial charge is 0.487 e. The Morgan fingerprint density at radius 3 is 2.55 bits per heavy atom. The van der Waals surface area contributed by atoms with Crippen LogP contribution in [-0.4, -0.2) is 54.9 Å². The van der Waals surface area contributed by atoms with E-state index in [1.807, 2.05) is 42.5 Å². The number of carbonyl (C=O) groups excluding carboxylic acids is 1. The van der Waals surface area contributed by atoms with E-state index in [9.17, 15) is 13.2 Å². The molecule has 1 amide bonds. The first-order valence-electron chi connectivity index (χ1n) is 12.4. The molecule has 38 heavy (non-hydrogen) atoms. The topological polar surface area (TPSA) is 106 Å². The predicted molar refractivity (Wildman–Crippen MR) is 145 cm³/mol. The van der Waals surface area contributed by atoms with E-state index in [1.165, 1.54) is 28.8 Å². The van der Waals surface area contributed by atoms with Crippen molar-refractivity contribution in [2.24, 2.45) is 5.92 Å². The van der Waals surface area contributed by atoms with Crippen LogP contribution in [0.3, 0.4) is 0 Å². The number of benzene rings is 2. The van der Waals surface area contributed by atoms with Crippen molar-refractivity contribution in [3.05, 3.63) is 91.1 Å². The summed E-state index contributed by atoms with van der Waals surface area (Å²) < 4.78 is 30.3. The molecule has 0 radical (unpaired) electrons. The van der Waals surface area contributed by atoms with Gasteiger partial charge >= 0.3 is 6.03 Å². The maximum absolute atomic E-state index is 12.7. The number of hydrogen-bond donors (Lipinski definition) is 1. The summed E-state index contributed by atoms with van der Waals surface area (Å²) in [5.41, 5.74) is 3.38. The number of para-hydroxylation sites is 1. The molecule has 1 N–H and O–H groups in total. The lowest BCUT2D eigenvalue weighted by atomic mass is 10.1. The van der Waals surface area contributed by atoms with E-state index in [2.05, 4.69) is 32.3 Å². The smallest absolute Gasteiger partial charge is 0.326 e. The zero-order chi connectivity index (χ0) is 26.5. The maximum Gasteiger partial charge on any atom is 0.326 e. The van der Waals surface area contributed by atoms with E-state index in [4.69, 9.17) is 4.74 Å². The summed E-state index contributed by atoms with van der Waals surface area (Å²) in [7, 11) is -3.28. The predicted octanol–water partition coefficient (Wildman–Crippen LogP) is 4.01. The zero-order valence-electron chi connectivity index (χ0n) is 21.0. The molecular weight excluding hydrogens is 502 g/mol. The molecule has 5 rings (SSSR count). The van der Waals surface area contributed by atoms with Gasteiger partial charge in [-0.15, -0.1) is 0 Å². The molecule has 2 aromatic heterocycles. The van der Waals surface area contributed by atoms with Crippen LogP contribution < -0.4 is 15.0 Å². The number of carbonyl (C=O) groups is 1. The molecule has 3 heterocycles. The summed E-state index contributed by atoms with van der Waals surface area (Å²) >= 11 is 0. The highest BCUT2D eigenvalue weighted by molar-refractivity contribution is 7.90. The van der Waals surface area contributed by atoms with Gasteiger partial charge in [0, 0.05) is 49.5 Å². The Balaban J connectivity index is 1.11. The molecule has 196 valence electrons. The normalized spacial score (nSPS) is 15.4. The number of sulfone groups is 1. The molecular formula is C28H29N5O4S. The van der Waals surface area contributed by atoms with Crippen molar-refractivity contribution in [1.29, 1.82) is 0 Å². The average molecular weight is 532 g/mol. The Bertz CT molecular complexity index is 1490. The lowest BCUT2D eigenvalue weighted by Gasteiger charge is -2.18. The summed E-state index contributed by atoms with van der Waals surface area (Å²) in [6.45, 7) is 2.75. The highest BCUT2D eigenvalue weighted by Gasteiger charge is 2.23. The molecule has 0 aliphatic carbocycles. The molecule has 0 bridgehead atoms. The number of anilines is 1. The van der Waals surface area contributed by atoms with Gasteiger partial charge in [-0.05, 0) is 60.9 Å². The molecule has 1 atom stereocenters. The third-order valence-corrected chi connectivity index (χ3v) is 7.63. The highest BCUT2D eigenvalue weighted by Crippen LogP contribution is 2.24. The van der Waals surface area contributed by atoms with Gasteiger partial charge in [0.2, 0.25) is 0 Å². The second kappa shape index (κ2) is 11.1. The number of aromatic nitrogens is 3. The SMILES string of the molecule is CS(=O)(=O)c1ccc(COc2ccc(-c3cn(C(=O)NCC4CCN(c5ccccc5)C4)cn3)cc2)nc1. The Morgan fingerprint density at radius 1 is 1.05 bits per heavy atom. The van der Waals surface area contributed by atoms with E-state index in [0.29, 0.717) is 29.6 Å². The van der Waals surface area contributed by atoms with Crippen LogP contribution in [0.5, 0.6) is 5.75 Å². The number of imidazole rings is 1. The standard InChI is InChI=1S/C28H29N5O4S/c1-38(35,36)26-12-9-23(29-16-26)19-37-25-10-7-22(8-11-25)27-18-33(20-31-27)28(34)30-15-21-13-14-32(17-21)24-5-3-2-4-6-24/h2-12,16,18,20-21H,13-15,17,19H2,1H3,(H,30,34). The van der Waals surface area contributed by atoms with Crippen molar-refractivity contribution in [1.82, 2.24) is 19.9 Å². The summed E-state index contributed by atoms with van der Waals surface area (Å²) in [4.78, 5) is 23.7. The Kier molecular flexibility index (Phi) is 7.41. The molecule has 0 saturated carbocycles. The summed E-state index contributed by atoms with van der Waals surface area (Å²) in [5.74, 6) is 1.04. The highest BCUT2D eigenvalue weighted by atomic mass is 32.2. The maximum atomic E-state index is 12.7. The molecule has 10 heteroatoms. The van der Waals surface area contributed by atoms with Gasteiger partial charge in [0.15, 0.2) is 9.84 Å². The minimum atomic E-state index is -3.28. The minimum Gasteiger partial charge on any atom is -0.487 e. The van der Waals surface area contributed by atoms with E-state index >= 15 is 0 Å². The van der Waals surface area contributed by atoms with Crippen molar-refractivity contribution < 1.29 is 17.9 Å². The molecule has 4 aromatic rings. The molecule has 1 unspecified atom stereocenters. The number of pyridine rings is 1. The fraction of sp³-hybridized carbons (Fsp3) is 0.250. The van der Waals surface area contributed by atoms with Crippen LogP contribution in [-0.2, 0) is 16.4 Å².